The van der Waals surface area contributed by atoms with E-state index in [-0.39, 0.29) is 0 Å². The summed E-state index contributed by atoms with van der Waals surface area (Å²) in [5, 5.41) is 0. The Bertz CT molecular complexity index is 506. The first kappa shape index (κ1) is 11.5. The minimum absolute atomic E-state index is 0.346. The lowest BCUT2D eigenvalue weighted by atomic mass is 10.2. The lowest BCUT2D eigenvalue weighted by Gasteiger charge is -2.21. The van der Waals surface area contributed by atoms with Crippen LogP contribution in [0.3, 0.4) is 0 Å². The number of benzene rings is 1. The summed E-state index contributed by atoms with van der Waals surface area (Å²) in [6, 6.07) is 10.9. The first-order valence-corrected chi connectivity index (χ1v) is 6.53. The van der Waals surface area contributed by atoms with Crippen LogP contribution < -0.4 is 0 Å². The number of hydrogen-bond acceptors (Lipinski definition) is 3. The highest BCUT2D eigenvalue weighted by atomic mass is 16.3. The smallest absolute Gasteiger partial charge is 0.211 e. The van der Waals surface area contributed by atoms with Gasteiger partial charge in [-0.15, -0.1) is 0 Å². The largest absolute Gasteiger partial charge is 0.447 e. The molecule has 2 heterocycles. The van der Waals surface area contributed by atoms with Gasteiger partial charge in [0.1, 0.15) is 6.26 Å². The Morgan fingerprint density at radius 2 is 2.17 bits per heavy atom. The Morgan fingerprint density at radius 1 is 1.33 bits per heavy atom. The van der Waals surface area contributed by atoms with Gasteiger partial charge in [-0.3, -0.25) is 4.90 Å². The molecule has 0 bridgehead atoms. The fraction of sp³-hybridized carbons (Fsp3) is 0.400. The monoisotopic (exact) mass is 242 g/mol. The summed E-state index contributed by atoms with van der Waals surface area (Å²) in [5.74, 6) is 0.876. The fourth-order valence-electron chi connectivity index (χ4n) is 2.64. The van der Waals surface area contributed by atoms with Gasteiger partial charge in [0.15, 0.2) is 0 Å². The number of oxazole rings is 1. The quantitative estimate of drug-likeness (QED) is 0.826. The standard InChI is InChI=1S/C15H18N2O/c1-12-11-18-15(16-12)14-8-5-9-17(14)10-13-6-3-2-4-7-13/h2-4,6-7,11,14H,5,8-10H2,1H3/t14-/m1/s1. The van der Waals surface area contributed by atoms with Crippen molar-refractivity contribution in [1.29, 1.82) is 0 Å². The van der Waals surface area contributed by atoms with E-state index in [1.807, 2.05) is 6.92 Å². The van der Waals surface area contributed by atoms with Crippen molar-refractivity contribution in [3.05, 3.63) is 53.7 Å². The first-order valence-electron chi connectivity index (χ1n) is 6.53. The summed E-state index contributed by atoms with van der Waals surface area (Å²) in [6.07, 6.45) is 4.11. The van der Waals surface area contributed by atoms with E-state index >= 15 is 0 Å². The van der Waals surface area contributed by atoms with Crippen molar-refractivity contribution < 1.29 is 4.42 Å². The Morgan fingerprint density at radius 3 is 2.89 bits per heavy atom. The van der Waals surface area contributed by atoms with Crippen molar-refractivity contribution in [2.45, 2.75) is 32.4 Å². The van der Waals surface area contributed by atoms with Crippen LogP contribution in [-0.4, -0.2) is 16.4 Å². The number of aryl methyl sites for hydroxylation is 1. The summed E-state index contributed by atoms with van der Waals surface area (Å²) in [7, 11) is 0. The van der Waals surface area contributed by atoms with Crippen LogP contribution in [0, 0.1) is 6.92 Å². The van der Waals surface area contributed by atoms with Crippen LogP contribution in [0.25, 0.3) is 0 Å². The topological polar surface area (TPSA) is 29.3 Å². The Labute approximate surface area is 107 Å². The molecule has 0 aliphatic carbocycles. The minimum Gasteiger partial charge on any atom is -0.447 e. The number of likely N-dealkylation sites (tertiary alicyclic amines) is 1. The van der Waals surface area contributed by atoms with Gasteiger partial charge in [0.25, 0.3) is 0 Å². The highest BCUT2D eigenvalue weighted by molar-refractivity contribution is 5.15. The van der Waals surface area contributed by atoms with E-state index in [0.717, 1.165) is 31.1 Å². The van der Waals surface area contributed by atoms with E-state index in [1.165, 1.54) is 12.0 Å². The maximum absolute atomic E-state index is 5.56. The molecular formula is C15H18N2O. The van der Waals surface area contributed by atoms with Crippen molar-refractivity contribution >= 4 is 0 Å². The summed E-state index contributed by atoms with van der Waals surface area (Å²) in [6.45, 7) is 4.08. The zero-order chi connectivity index (χ0) is 12.4. The van der Waals surface area contributed by atoms with Gasteiger partial charge >= 0.3 is 0 Å². The third-order valence-corrected chi connectivity index (χ3v) is 3.51. The van der Waals surface area contributed by atoms with Gasteiger partial charge in [0.05, 0.1) is 11.7 Å². The third kappa shape index (κ3) is 2.31. The van der Waals surface area contributed by atoms with Gasteiger partial charge in [0.2, 0.25) is 5.89 Å². The minimum atomic E-state index is 0.346. The van der Waals surface area contributed by atoms with E-state index in [0.29, 0.717) is 6.04 Å². The predicted molar refractivity (Wildman–Crippen MR) is 70.1 cm³/mol. The molecule has 3 rings (SSSR count). The molecule has 0 N–H and O–H groups in total. The molecule has 1 fully saturated rings. The van der Waals surface area contributed by atoms with Crippen LogP contribution in [0.15, 0.2) is 41.0 Å². The molecule has 1 aliphatic rings. The fourth-order valence-corrected chi connectivity index (χ4v) is 2.64. The van der Waals surface area contributed by atoms with E-state index in [1.54, 1.807) is 6.26 Å². The van der Waals surface area contributed by atoms with Gasteiger partial charge in [-0.25, -0.2) is 4.98 Å². The van der Waals surface area contributed by atoms with Crippen molar-refractivity contribution in [2.75, 3.05) is 6.54 Å². The highest BCUT2D eigenvalue weighted by Gasteiger charge is 2.29. The molecule has 94 valence electrons. The molecule has 0 unspecified atom stereocenters. The van der Waals surface area contributed by atoms with Crippen LogP contribution in [0.1, 0.15) is 36.0 Å². The number of hydrogen-bond donors (Lipinski definition) is 0. The molecule has 18 heavy (non-hydrogen) atoms. The average Bonchev–Trinajstić information content (AvgIpc) is 2.99. The lowest BCUT2D eigenvalue weighted by Crippen LogP contribution is -2.22. The molecule has 1 aliphatic heterocycles. The summed E-state index contributed by atoms with van der Waals surface area (Å²) < 4.78 is 5.56. The second kappa shape index (κ2) is 4.94. The zero-order valence-corrected chi connectivity index (χ0v) is 10.7. The van der Waals surface area contributed by atoms with E-state index in [9.17, 15) is 0 Å². The first-order chi connectivity index (χ1) is 8.83. The van der Waals surface area contributed by atoms with Gasteiger partial charge in [-0.2, -0.15) is 0 Å². The summed E-state index contributed by atoms with van der Waals surface area (Å²) >= 11 is 0. The second-order valence-electron chi connectivity index (χ2n) is 4.94. The van der Waals surface area contributed by atoms with Crippen LogP contribution in [0.2, 0.25) is 0 Å². The van der Waals surface area contributed by atoms with Crippen LogP contribution in [-0.2, 0) is 6.54 Å². The van der Waals surface area contributed by atoms with Gasteiger partial charge < -0.3 is 4.42 Å². The molecule has 0 saturated carbocycles. The number of nitrogens with zero attached hydrogens (tertiary/aromatic N) is 2. The van der Waals surface area contributed by atoms with Crippen molar-refractivity contribution in [3.63, 3.8) is 0 Å². The average molecular weight is 242 g/mol. The number of rotatable bonds is 3. The van der Waals surface area contributed by atoms with E-state index < -0.39 is 0 Å². The van der Waals surface area contributed by atoms with Crippen molar-refractivity contribution in [3.8, 4) is 0 Å². The Kier molecular flexibility index (Phi) is 3.15. The maximum atomic E-state index is 5.56. The Hall–Kier alpha value is -1.61. The van der Waals surface area contributed by atoms with E-state index in [4.69, 9.17) is 4.42 Å². The highest BCUT2D eigenvalue weighted by Crippen LogP contribution is 2.32. The molecular weight excluding hydrogens is 224 g/mol. The summed E-state index contributed by atoms with van der Waals surface area (Å²) in [5.41, 5.74) is 2.32. The van der Waals surface area contributed by atoms with Gasteiger partial charge in [-0.1, -0.05) is 30.3 Å². The molecule has 0 spiro atoms. The molecule has 1 atom stereocenters. The molecule has 3 nitrogen and oxygen atoms in total. The molecule has 3 heteroatoms. The molecule has 1 aromatic heterocycles. The van der Waals surface area contributed by atoms with Crippen LogP contribution >= 0.6 is 0 Å². The normalized spacial score (nSPS) is 20.4. The third-order valence-electron chi connectivity index (χ3n) is 3.51. The molecule has 1 saturated heterocycles. The lowest BCUT2D eigenvalue weighted by molar-refractivity contribution is 0.214. The van der Waals surface area contributed by atoms with Gasteiger partial charge in [0, 0.05) is 6.54 Å². The molecule has 0 amide bonds. The number of aromatic nitrogens is 1. The van der Waals surface area contributed by atoms with E-state index in [2.05, 4.69) is 40.2 Å². The summed E-state index contributed by atoms with van der Waals surface area (Å²) in [4.78, 5) is 6.94. The van der Waals surface area contributed by atoms with Gasteiger partial charge in [-0.05, 0) is 31.9 Å². The SMILES string of the molecule is Cc1coc([C@H]2CCCN2Cc2ccccc2)n1. The van der Waals surface area contributed by atoms with Crippen molar-refractivity contribution in [2.24, 2.45) is 0 Å². The predicted octanol–water partition coefficient (Wildman–Crippen LogP) is 3.32. The van der Waals surface area contributed by atoms with Crippen molar-refractivity contribution in [1.82, 2.24) is 9.88 Å². The maximum Gasteiger partial charge on any atom is 0.211 e. The molecule has 2 aromatic rings. The van der Waals surface area contributed by atoms with Crippen LogP contribution in [0.4, 0.5) is 0 Å². The second-order valence-corrected chi connectivity index (χ2v) is 4.94. The molecule has 1 aromatic carbocycles. The Balaban J connectivity index is 1.75. The molecule has 0 radical (unpaired) electrons. The zero-order valence-electron chi connectivity index (χ0n) is 10.7. The van der Waals surface area contributed by atoms with Crippen LogP contribution in [0.5, 0.6) is 0 Å².